The van der Waals surface area contributed by atoms with Crippen LogP contribution in [0.15, 0.2) is 18.6 Å². The molecule has 7 nitrogen and oxygen atoms in total. The Balaban J connectivity index is 2.06. The maximum absolute atomic E-state index is 14.1. The van der Waals surface area contributed by atoms with E-state index in [1.54, 1.807) is 6.07 Å². The number of alkyl halides is 1. The first-order valence-electron chi connectivity index (χ1n) is 5.78. The van der Waals surface area contributed by atoms with Crippen molar-refractivity contribution >= 4 is 22.6 Å². The van der Waals surface area contributed by atoms with Crippen molar-refractivity contribution in [2.45, 2.75) is 24.3 Å². The average Bonchev–Trinajstić information content (AvgIpc) is 2.96. The number of rotatable bonds is 2. The van der Waals surface area contributed by atoms with Crippen LogP contribution in [0.25, 0.3) is 11.0 Å². The normalized spacial score (nSPS) is 34.0. The van der Waals surface area contributed by atoms with E-state index in [4.69, 9.17) is 21.4 Å². The highest BCUT2D eigenvalue weighted by Gasteiger charge is 2.55. The van der Waals surface area contributed by atoms with Gasteiger partial charge in [0.05, 0.1) is 5.39 Å². The summed E-state index contributed by atoms with van der Waals surface area (Å²) >= 11 is 5.89. The Hall–Kier alpha value is -1.32. The predicted molar refractivity (Wildman–Crippen MR) is 65.6 cm³/mol. The second-order valence-electron chi connectivity index (χ2n) is 4.51. The fourth-order valence-corrected chi connectivity index (χ4v) is 2.44. The van der Waals surface area contributed by atoms with E-state index in [9.17, 15) is 14.6 Å². The Bertz CT molecular complexity index is 654. The van der Waals surface area contributed by atoms with Gasteiger partial charge in [-0.15, -0.1) is 0 Å². The van der Waals surface area contributed by atoms with Crippen LogP contribution in [0.1, 0.15) is 6.23 Å². The van der Waals surface area contributed by atoms with Crippen LogP contribution in [0, 0.1) is 0 Å². The summed E-state index contributed by atoms with van der Waals surface area (Å²) in [6.07, 6.45) is -1.96. The van der Waals surface area contributed by atoms with Crippen LogP contribution in [0.2, 0.25) is 5.15 Å². The number of aliphatic hydroxyl groups is 3. The Labute approximate surface area is 117 Å². The van der Waals surface area contributed by atoms with Gasteiger partial charge in [-0.05, 0) is 6.07 Å². The highest BCUT2D eigenvalue weighted by molar-refractivity contribution is 6.33. The SMILES string of the molecule is OC[C@@]1(F)O[C@@H](n2ccc3c(Cl)ncnc32)[C@H](O)[C@@H]1O. The van der Waals surface area contributed by atoms with Gasteiger partial charge in [-0.3, -0.25) is 0 Å². The van der Waals surface area contributed by atoms with E-state index in [2.05, 4.69) is 9.97 Å². The van der Waals surface area contributed by atoms with Gasteiger partial charge in [0.25, 0.3) is 5.85 Å². The number of fused-ring (bicyclic) bond motifs is 1. The van der Waals surface area contributed by atoms with E-state index in [1.807, 2.05) is 0 Å². The largest absolute Gasteiger partial charge is 0.390 e. The fourth-order valence-electron chi connectivity index (χ4n) is 2.25. The van der Waals surface area contributed by atoms with Crippen LogP contribution in [0.4, 0.5) is 4.39 Å². The summed E-state index contributed by atoms with van der Waals surface area (Å²) in [5.74, 6) is -2.72. The zero-order chi connectivity index (χ0) is 14.5. The highest BCUT2D eigenvalue weighted by atomic mass is 35.5. The number of halogens is 2. The van der Waals surface area contributed by atoms with E-state index < -0.39 is 30.9 Å². The van der Waals surface area contributed by atoms with Crippen molar-refractivity contribution < 1.29 is 24.4 Å². The molecule has 108 valence electrons. The lowest BCUT2D eigenvalue weighted by molar-refractivity contribution is -0.206. The van der Waals surface area contributed by atoms with Gasteiger partial charge in [0, 0.05) is 6.20 Å². The molecular formula is C11H11ClFN3O4. The molecule has 0 aliphatic carbocycles. The highest BCUT2D eigenvalue weighted by Crippen LogP contribution is 2.39. The molecule has 0 saturated carbocycles. The molecule has 3 rings (SSSR count). The van der Waals surface area contributed by atoms with Gasteiger partial charge < -0.3 is 24.6 Å². The summed E-state index contributed by atoms with van der Waals surface area (Å²) in [5.41, 5.74) is 0.323. The third kappa shape index (κ3) is 1.80. The van der Waals surface area contributed by atoms with Gasteiger partial charge in [0.15, 0.2) is 6.23 Å². The van der Waals surface area contributed by atoms with Gasteiger partial charge >= 0.3 is 0 Å². The van der Waals surface area contributed by atoms with E-state index in [0.717, 1.165) is 0 Å². The lowest BCUT2D eigenvalue weighted by Gasteiger charge is -2.19. The molecule has 3 heterocycles. The Morgan fingerprint density at radius 3 is 2.85 bits per heavy atom. The summed E-state index contributed by atoms with van der Waals surface area (Å²) in [7, 11) is 0. The fraction of sp³-hybridized carbons (Fsp3) is 0.455. The third-order valence-electron chi connectivity index (χ3n) is 3.32. The molecule has 0 unspecified atom stereocenters. The first kappa shape index (κ1) is 13.7. The van der Waals surface area contributed by atoms with Crippen molar-refractivity contribution in [2.75, 3.05) is 6.61 Å². The Morgan fingerprint density at radius 2 is 2.20 bits per heavy atom. The average molecular weight is 304 g/mol. The van der Waals surface area contributed by atoms with Crippen molar-refractivity contribution in [3.05, 3.63) is 23.7 Å². The molecule has 4 atom stereocenters. The molecule has 9 heteroatoms. The minimum atomic E-state index is -2.72. The minimum absolute atomic E-state index is 0.204. The Kier molecular flexibility index (Phi) is 3.14. The monoisotopic (exact) mass is 303 g/mol. The summed E-state index contributed by atoms with van der Waals surface area (Å²) in [4.78, 5) is 7.79. The van der Waals surface area contributed by atoms with Crippen molar-refractivity contribution in [1.82, 2.24) is 14.5 Å². The zero-order valence-electron chi connectivity index (χ0n) is 10.0. The smallest absolute Gasteiger partial charge is 0.263 e. The van der Waals surface area contributed by atoms with Crippen LogP contribution in [0.3, 0.4) is 0 Å². The maximum atomic E-state index is 14.1. The second-order valence-corrected chi connectivity index (χ2v) is 4.87. The third-order valence-corrected chi connectivity index (χ3v) is 3.63. The van der Waals surface area contributed by atoms with Crippen molar-refractivity contribution in [3.8, 4) is 0 Å². The molecule has 1 aliphatic rings. The van der Waals surface area contributed by atoms with Crippen LogP contribution in [-0.4, -0.2) is 54.5 Å². The quantitative estimate of drug-likeness (QED) is 0.675. The van der Waals surface area contributed by atoms with E-state index >= 15 is 0 Å². The van der Waals surface area contributed by atoms with Crippen LogP contribution in [0.5, 0.6) is 0 Å². The molecule has 1 aliphatic heterocycles. The zero-order valence-corrected chi connectivity index (χ0v) is 10.8. The molecule has 3 N–H and O–H groups in total. The minimum Gasteiger partial charge on any atom is -0.390 e. The summed E-state index contributed by atoms with van der Waals surface area (Å²) in [6, 6.07) is 1.58. The van der Waals surface area contributed by atoms with Crippen LogP contribution in [-0.2, 0) is 4.74 Å². The van der Waals surface area contributed by atoms with Crippen molar-refractivity contribution in [2.24, 2.45) is 0 Å². The number of hydrogen-bond acceptors (Lipinski definition) is 6. The van der Waals surface area contributed by atoms with Gasteiger partial charge in [-0.25, -0.2) is 14.4 Å². The lowest BCUT2D eigenvalue weighted by Crippen LogP contribution is -2.42. The number of aliphatic hydroxyl groups excluding tert-OH is 3. The first-order chi connectivity index (χ1) is 9.48. The molecule has 1 saturated heterocycles. The Morgan fingerprint density at radius 1 is 1.45 bits per heavy atom. The molecule has 0 bridgehead atoms. The molecule has 1 fully saturated rings. The van der Waals surface area contributed by atoms with Crippen LogP contribution >= 0.6 is 11.6 Å². The second kappa shape index (κ2) is 4.61. The van der Waals surface area contributed by atoms with Gasteiger partial charge in [0.1, 0.15) is 35.9 Å². The van der Waals surface area contributed by atoms with Gasteiger partial charge in [-0.1, -0.05) is 11.6 Å². The molecule has 0 amide bonds. The van der Waals surface area contributed by atoms with Crippen molar-refractivity contribution in [1.29, 1.82) is 0 Å². The van der Waals surface area contributed by atoms with E-state index in [-0.39, 0.29) is 5.15 Å². The summed E-state index contributed by atoms with van der Waals surface area (Å²) < 4.78 is 20.3. The molecule has 0 radical (unpaired) electrons. The topological polar surface area (TPSA) is 101 Å². The lowest BCUT2D eigenvalue weighted by atomic mass is 10.1. The number of ether oxygens (including phenoxy) is 1. The first-order valence-corrected chi connectivity index (χ1v) is 6.16. The summed E-state index contributed by atoms with van der Waals surface area (Å²) in [5, 5.41) is 29.2. The maximum Gasteiger partial charge on any atom is 0.263 e. The molecule has 2 aromatic heterocycles. The molecule has 20 heavy (non-hydrogen) atoms. The van der Waals surface area contributed by atoms with Gasteiger partial charge in [0.2, 0.25) is 0 Å². The van der Waals surface area contributed by atoms with E-state index in [0.29, 0.717) is 11.0 Å². The molecule has 2 aromatic rings. The van der Waals surface area contributed by atoms with Crippen LogP contribution < -0.4 is 0 Å². The predicted octanol–water partition coefficient (Wildman–Crippen LogP) is -0.00660. The molecule has 0 spiro atoms. The standard InChI is InChI=1S/C11H11ClFN3O4/c12-8-5-1-2-16(9(5)15-4-14-8)10-6(18)7(19)11(13,3-17)20-10/h1-2,4,6-7,10,17-19H,3H2/t6-,7+,10-,11-/m1/s1. The number of nitrogens with zero attached hydrogens (tertiary/aromatic N) is 3. The summed E-state index contributed by atoms with van der Waals surface area (Å²) in [6.45, 7) is -1.07. The molecule has 0 aromatic carbocycles. The van der Waals surface area contributed by atoms with Gasteiger partial charge in [-0.2, -0.15) is 0 Å². The van der Waals surface area contributed by atoms with Crippen molar-refractivity contribution in [3.63, 3.8) is 0 Å². The molecular weight excluding hydrogens is 293 g/mol. The number of aromatic nitrogens is 3. The van der Waals surface area contributed by atoms with E-state index in [1.165, 1.54) is 17.1 Å². The number of hydrogen-bond donors (Lipinski definition) is 3.